The monoisotopic (exact) mass is 452 g/mol. The number of rotatable bonds is 6. The molecule has 0 spiro atoms. The molecule has 2 N–H and O–H groups in total. The summed E-state index contributed by atoms with van der Waals surface area (Å²) in [5, 5.41) is 1.32. The Hall–Kier alpha value is -1.81. The van der Waals surface area contributed by atoms with Crippen molar-refractivity contribution in [3.8, 4) is 0 Å². The van der Waals surface area contributed by atoms with Crippen molar-refractivity contribution in [2.24, 2.45) is 0 Å². The molecule has 2 heterocycles. The predicted octanol–water partition coefficient (Wildman–Crippen LogP) is 3.47. The summed E-state index contributed by atoms with van der Waals surface area (Å²) in [6, 6.07) is 6.96. The lowest BCUT2D eigenvalue weighted by atomic mass is 9.73. The predicted molar refractivity (Wildman–Crippen MR) is 115 cm³/mol. The fourth-order valence-electron chi connectivity index (χ4n) is 5.14. The SMILES string of the molecule is CC1=[N+]2CCCc3cc4cccc(S(=O)(=O)O)c4c(c32)C1(C)CCCCS(=O)(=O)O. The summed E-state index contributed by atoms with van der Waals surface area (Å²) < 4.78 is 67.8. The molecule has 0 radical (unpaired) electrons. The van der Waals surface area contributed by atoms with Crippen molar-refractivity contribution in [3.05, 3.63) is 35.4 Å². The van der Waals surface area contributed by atoms with Gasteiger partial charge >= 0.3 is 0 Å². The van der Waals surface area contributed by atoms with Gasteiger partial charge in [-0.1, -0.05) is 18.6 Å². The summed E-state index contributed by atoms with van der Waals surface area (Å²) in [6.07, 6.45) is 3.37. The van der Waals surface area contributed by atoms with Gasteiger partial charge in [-0.05, 0) is 43.7 Å². The summed E-state index contributed by atoms with van der Waals surface area (Å²) in [7, 11) is -8.44. The first-order valence-electron chi connectivity index (χ1n) is 10.1. The quantitative estimate of drug-likeness (QED) is 0.394. The van der Waals surface area contributed by atoms with Crippen molar-refractivity contribution in [3.63, 3.8) is 0 Å². The third-order valence-corrected chi connectivity index (χ3v) is 8.34. The Morgan fingerprint density at radius 3 is 2.53 bits per heavy atom. The molecule has 9 heteroatoms. The van der Waals surface area contributed by atoms with E-state index >= 15 is 0 Å². The van der Waals surface area contributed by atoms with Gasteiger partial charge in [0.1, 0.15) is 11.4 Å². The molecule has 1 atom stereocenters. The van der Waals surface area contributed by atoms with E-state index in [2.05, 4.69) is 11.5 Å². The van der Waals surface area contributed by atoms with Gasteiger partial charge in [0.05, 0.1) is 11.2 Å². The minimum absolute atomic E-state index is 0.0952. The van der Waals surface area contributed by atoms with Crippen LogP contribution in [0.4, 0.5) is 5.69 Å². The molecule has 2 aromatic rings. The molecule has 1 unspecified atom stereocenters. The third-order valence-electron chi connectivity index (χ3n) is 6.64. The summed E-state index contributed by atoms with van der Waals surface area (Å²) in [6.45, 7) is 4.94. The molecule has 7 nitrogen and oxygen atoms in total. The Morgan fingerprint density at radius 1 is 1.13 bits per heavy atom. The van der Waals surface area contributed by atoms with Crippen molar-refractivity contribution in [2.45, 2.75) is 56.3 Å². The molecule has 0 amide bonds. The summed E-state index contributed by atoms with van der Waals surface area (Å²) in [5.41, 5.74) is 3.68. The normalized spacial score (nSPS) is 21.3. The molecule has 2 aliphatic rings. The molecule has 0 fully saturated rings. The highest BCUT2D eigenvalue weighted by Crippen LogP contribution is 2.51. The van der Waals surface area contributed by atoms with Crippen LogP contribution in [0.15, 0.2) is 29.2 Å². The minimum Gasteiger partial charge on any atom is -0.286 e. The van der Waals surface area contributed by atoms with Crippen LogP contribution in [-0.4, -0.2) is 48.5 Å². The van der Waals surface area contributed by atoms with Gasteiger partial charge < -0.3 is 0 Å². The Labute approximate surface area is 176 Å². The van der Waals surface area contributed by atoms with E-state index in [9.17, 15) is 21.4 Å². The van der Waals surface area contributed by atoms with Gasteiger partial charge in [-0.3, -0.25) is 9.11 Å². The molecule has 30 heavy (non-hydrogen) atoms. The molecule has 0 aliphatic carbocycles. The zero-order valence-electron chi connectivity index (χ0n) is 17.1. The van der Waals surface area contributed by atoms with Gasteiger partial charge in [0, 0.05) is 29.9 Å². The van der Waals surface area contributed by atoms with E-state index < -0.39 is 25.7 Å². The molecule has 0 saturated carbocycles. The average molecular weight is 453 g/mol. The Balaban J connectivity index is 1.93. The number of hydrogen-bond acceptors (Lipinski definition) is 4. The highest BCUT2D eigenvalue weighted by molar-refractivity contribution is 7.86. The van der Waals surface area contributed by atoms with Gasteiger partial charge in [-0.25, -0.2) is 0 Å². The summed E-state index contributed by atoms with van der Waals surface area (Å²) in [5.74, 6) is -0.296. The molecule has 162 valence electrons. The Morgan fingerprint density at radius 2 is 1.87 bits per heavy atom. The van der Waals surface area contributed by atoms with Crippen LogP contribution in [0.2, 0.25) is 0 Å². The first kappa shape index (κ1) is 21.4. The van der Waals surface area contributed by atoms with Crippen molar-refractivity contribution >= 4 is 42.4 Å². The van der Waals surface area contributed by atoms with E-state index in [-0.39, 0.29) is 10.6 Å². The topological polar surface area (TPSA) is 112 Å². The molecule has 2 aliphatic heterocycles. The van der Waals surface area contributed by atoms with Crippen LogP contribution in [0.1, 0.15) is 50.7 Å². The van der Waals surface area contributed by atoms with Gasteiger partial charge in [0.2, 0.25) is 5.69 Å². The highest BCUT2D eigenvalue weighted by atomic mass is 32.2. The maximum absolute atomic E-state index is 12.2. The molecule has 0 bridgehead atoms. The number of benzene rings is 2. The lowest BCUT2D eigenvalue weighted by molar-refractivity contribution is -0.444. The van der Waals surface area contributed by atoms with E-state index in [0.717, 1.165) is 47.3 Å². The largest absolute Gasteiger partial charge is 0.295 e. The zero-order chi connectivity index (χ0) is 21.9. The number of unbranched alkanes of at least 4 members (excludes halogenated alkanes) is 1. The van der Waals surface area contributed by atoms with E-state index in [0.29, 0.717) is 24.6 Å². The second-order valence-electron chi connectivity index (χ2n) is 8.50. The molecular formula is C21H26NO6S2+. The lowest BCUT2D eigenvalue weighted by Crippen LogP contribution is -2.31. The van der Waals surface area contributed by atoms with Crippen molar-refractivity contribution in [1.29, 1.82) is 0 Å². The zero-order valence-corrected chi connectivity index (χ0v) is 18.7. The van der Waals surface area contributed by atoms with E-state index in [1.165, 1.54) is 6.07 Å². The second-order valence-corrected chi connectivity index (χ2v) is 11.5. The van der Waals surface area contributed by atoms with Crippen molar-refractivity contribution < 1.29 is 30.5 Å². The first-order chi connectivity index (χ1) is 13.9. The molecule has 4 rings (SSSR count). The lowest BCUT2D eigenvalue weighted by Gasteiger charge is -2.24. The molecule has 0 aromatic heterocycles. The number of hydrogen-bond donors (Lipinski definition) is 2. The van der Waals surface area contributed by atoms with E-state index in [1.807, 2.05) is 19.1 Å². The van der Waals surface area contributed by atoms with Crippen molar-refractivity contribution in [2.75, 3.05) is 12.3 Å². The van der Waals surface area contributed by atoms with Gasteiger partial charge in [0.25, 0.3) is 20.2 Å². The van der Waals surface area contributed by atoms with Crippen LogP contribution in [-0.2, 0) is 32.1 Å². The average Bonchev–Trinajstić information content (AvgIpc) is 2.87. The Bertz CT molecular complexity index is 1290. The van der Waals surface area contributed by atoms with Crippen LogP contribution in [0.3, 0.4) is 0 Å². The van der Waals surface area contributed by atoms with Crippen LogP contribution in [0.25, 0.3) is 10.8 Å². The fourth-order valence-corrected chi connectivity index (χ4v) is 6.44. The summed E-state index contributed by atoms with van der Waals surface area (Å²) in [4.78, 5) is -0.0952. The van der Waals surface area contributed by atoms with Gasteiger partial charge in [-0.2, -0.15) is 21.4 Å². The smallest absolute Gasteiger partial charge is 0.286 e. The maximum Gasteiger partial charge on any atom is 0.295 e. The number of aryl methyl sites for hydroxylation is 1. The summed E-state index contributed by atoms with van der Waals surface area (Å²) >= 11 is 0. The van der Waals surface area contributed by atoms with Gasteiger partial charge in [0.15, 0.2) is 5.71 Å². The van der Waals surface area contributed by atoms with E-state index in [4.69, 9.17) is 4.55 Å². The Kier molecular flexibility index (Phi) is 5.08. The number of nitrogens with zero attached hydrogens (tertiary/aromatic N) is 1. The first-order valence-corrected chi connectivity index (χ1v) is 13.1. The highest BCUT2D eigenvalue weighted by Gasteiger charge is 2.50. The second kappa shape index (κ2) is 7.12. The van der Waals surface area contributed by atoms with E-state index in [1.54, 1.807) is 6.07 Å². The van der Waals surface area contributed by atoms with Crippen LogP contribution >= 0.6 is 0 Å². The molecular weight excluding hydrogens is 426 g/mol. The standard InChI is InChI=1S/C21H25NO6S2/c1-14-21(2,10-3-4-12-29(23,24)25)19-18-15(7-5-9-17(18)30(26,27)28)13-16-8-6-11-22(14)20(16)19/h5,7,9,13H,3-4,6,8,10-12H2,1-2H3,(H-,23,24,25,26,27,28)/p+1. The maximum atomic E-state index is 12.2. The molecule has 0 saturated heterocycles. The number of fused-ring (bicyclic) bond motifs is 2. The minimum atomic E-state index is -4.42. The third kappa shape index (κ3) is 3.47. The van der Waals surface area contributed by atoms with Gasteiger partial charge in [-0.15, -0.1) is 0 Å². The van der Waals surface area contributed by atoms with Crippen molar-refractivity contribution in [1.82, 2.24) is 0 Å². The fraction of sp³-hybridized carbons (Fsp3) is 0.476. The van der Waals surface area contributed by atoms with Crippen LogP contribution < -0.4 is 0 Å². The molecule has 2 aromatic carbocycles. The van der Waals surface area contributed by atoms with Crippen LogP contribution in [0, 0.1) is 0 Å². The van der Waals surface area contributed by atoms with Crippen LogP contribution in [0.5, 0.6) is 0 Å².